The van der Waals surface area contributed by atoms with E-state index in [0.717, 1.165) is 17.9 Å². The van der Waals surface area contributed by atoms with E-state index in [0.29, 0.717) is 25.1 Å². The second-order valence-corrected chi connectivity index (χ2v) is 6.23. The highest BCUT2D eigenvalue weighted by atomic mass is 16.2. The molecule has 0 radical (unpaired) electrons. The molecule has 0 spiro atoms. The Labute approximate surface area is 147 Å². The Morgan fingerprint density at radius 3 is 2.96 bits per heavy atom. The van der Waals surface area contributed by atoms with Crippen LogP contribution in [0.1, 0.15) is 37.2 Å². The highest BCUT2D eigenvalue weighted by molar-refractivity contribution is 5.77. The minimum absolute atomic E-state index is 0.0686. The van der Waals surface area contributed by atoms with Gasteiger partial charge in [0.2, 0.25) is 5.91 Å². The number of likely N-dealkylation sites (tertiary alicyclic amines) is 1. The molecule has 0 unspecified atom stereocenters. The van der Waals surface area contributed by atoms with E-state index in [2.05, 4.69) is 21.4 Å². The van der Waals surface area contributed by atoms with Gasteiger partial charge in [0.25, 0.3) is 0 Å². The molecular formula is C18H22N6O. The van der Waals surface area contributed by atoms with E-state index in [1.54, 1.807) is 24.7 Å². The fourth-order valence-corrected chi connectivity index (χ4v) is 3.49. The number of piperidine rings is 1. The summed E-state index contributed by atoms with van der Waals surface area (Å²) in [5.74, 6) is 1.28. The zero-order chi connectivity index (χ0) is 17.8. The lowest BCUT2D eigenvalue weighted by Gasteiger charge is -2.40. The van der Waals surface area contributed by atoms with Crippen molar-refractivity contribution in [3.05, 3.63) is 42.2 Å². The van der Waals surface area contributed by atoms with E-state index in [-0.39, 0.29) is 17.9 Å². The van der Waals surface area contributed by atoms with Gasteiger partial charge in [-0.15, -0.1) is 0 Å². The Balaban J connectivity index is 1.84. The number of carbonyl (C=O) groups is 1. The van der Waals surface area contributed by atoms with Crippen LogP contribution in [0.3, 0.4) is 0 Å². The van der Waals surface area contributed by atoms with Crippen molar-refractivity contribution in [2.45, 2.75) is 25.8 Å². The highest BCUT2D eigenvalue weighted by Crippen LogP contribution is 2.35. The highest BCUT2D eigenvalue weighted by Gasteiger charge is 2.38. The van der Waals surface area contributed by atoms with Gasteiger partial charge >= 0.3 is 0 Å². The average Bonchev–Trinajstić information content (AvgIpc) is 3.06. The lowest BCUT2D eigenvalue weighted by molar-refractivity contribution is -0.138. The van der Waals surface area contributed by atoms with E-state index in [1.165, 1.54) is 0 Å². The zero-order valence-corrected chi connectivity index (χ0v) is 14.5. The molecule has 1 aliphatic heterocycles. The summed E-state index contributed by atoms with van der Waals surface area (Å²) in [5.41, 5.74) is 1.30. The molecule has 0 bridgehead atoms. The predicted octanol–water partition coefficient (Wildman–Crippen LogP) is 2.10. The molecule has 1 saturated heterocycles. The quantitative estimate of drug-likeness (QED) is 0.902. The third-order valence-corrected chi connectivity index (χ3v) is 4.79. The molecule has 1 N–H and O–H groups in total. The molecule has 1 amide bonds. The summed E-state index contributed by atoms with van der Waals surface area (Å²) < 4.78 is 1.98. The summed E-state index contributed by atoms with van der Waals surface area (Å²) in [4.78, 5) is 22.9. The smallest absolute Gasteiger partial charge is 0.223 e. The minimum Gasteiger partial charge on any atom is -0.382 e. The molecule has 7 heteroatoms. The lowest BCUT2D eigenvalue weighted by atomic mass is 9.87. The SMILES string of the molecule is CCN1C(=O)CC[C@H](CNc2cnccc2C#N)[C@H]1c1nccn1C. The molecule has 130 valence electrons. The molecule has 2 aromatic heterocycles. The summed E-state index contributed by atoms with van der Waals surface area (Å²) in [5, 5.41) is 12.6. The van der Waals surface area contributed by atoms with Gasteiger partial charge in [-0.1, -0.05) is 0 Å². The van der Waals surface area contributed by atoms with Crippen LogP contribution in [0.2, 0.25) is 0 Å². The van der Waals surface area contributed by atoms with Crippen molar-refractivity contribution in [1.82, 2.24) is 19.4 Å². The third-order valence-electron chi connectivity index (χ3n) is 4.79. The van der Waals surface area contributed by atoms with Crippen molar-refractivity contribution < 1.29 is 4.79 Å². The average molecular weight is 338 g/mol. The Morgan fingerprint density at radius 2 is 2.28 bits per heavy atom. The largest absolute Gasteiger partial charge is 0.382 e. The van der Waals surface area contributed by atoms with Crippen LogP contribution in [0.15, 0.2) is 30.9 Å². The van der Waals surface area contributed by atoms with Crippen LogP contribution >= 0.6 is 0 Å². The number of rotatable bonds is 5. The van der Waals surface area contributed by atoms with Crippen LogP contribution in [-0.4, -0.2) is 38.4 Å². The first-order valence-corrected chi connectivity index (χ1v) is 8.50. The van der Waals surface area contributed by atoms with Crippen molar-refractivity contribution in [3.63, 3.8) is 0 Å². The van der Waals surface area contributed by atoms with Crippen LogP contribution in [0.25, 0.3) is 0 Å². The maximum Gasteiger partial charge on any atom is 0.223 e. The second kappa shape index (κ2) is 7.34. The molecule has 1 aliphatic rings. The first-order valence-electron chi connectivity index (χ1n) is 8.50. The number of nitrogens with zero attached hydrogens (tertiary/aromatic N) is 5. The van der Waals surface area contributed by atoms with Gasteiger partial charge in [-0.25, -0.2) is 4.98 Å². The van der Waals surface area contributed by atoms with Crippen LogP contribution in [0, 0.1) is 17.2 Å². The van der Waals surface area contributed by atoms with Crippen LogP contribution in [0.4, 0.5) is 5.69 Å². The number of nitrogens with one attached hydrogen (secondary N) is 1. The molecule has 3 heterocycles. The molecule has 0 aliphatic carbocycles. The standard InChI is InChI=1S/C18H22N6O/c1-3-24-16(25)5-4-14(17(24)18-21-8-9-23(18)2)11-22-15-12-20-7-6-13(15)10-19/h6-9,12,14,17,22H,3-5,11H2,1-2H3/t14-,17+/m1/s1. The second-order valence-electron chi connectivity index (χ2n) is 6.23. The molecule has 7 nitrogen and oxygen atoms in total. The summed E-state index contributed by atoms with van der Waals surface area (Å²) in [6, 6.07) is 3.80. The third kappa shape index (κ3) is 3.33. The predicted molar refractivity (Wildman–Crippen MR) is 93.5 cm³/mol. The summed E-state index contributed by atoms with van der Waals surface area (Å²) >= 11 is 0. The van der Waals surface area contributed by atoms with Gasteiger partial charge in [-0.3, -0.25) is 9.78 Å². The van der Waals surface area contributed by atoms with Gasteiger partial charge in [-0.05, 0) is 19.4 Å². The number of pyridine rings is 1. The molecule has 1 fully saturated rings. The van der Waals surface area contributed by atoms with E-state index >= 15 is 0 Å². The van der Waals surface area contributed by atoms with E-state index in [4.69, 9.17) is 0 Å². The number of imidazole rings is 1. The Bertz CT molecular complexity index is 793. The molecule has 0 aromatic carbocycles. The minimum atomic E-state index is -0.0686. The molecular weight excluding hydrogens is 316 g/mol. The van der Waals surface area contributed by atoms with Crippen molar-refractivity contribution in [1.29, 1.82) is 5.26 Å². The fourth-order valence-electron chi connectivity index (χ4n) is 3.49. The first-order chi connectivity index (χ1) is 12.2. The van der Waals surface area contributed by atoms with Gasteiger partial charge < -0.3 is 14.8 Å². The number of nitriles is 1. The molecule has 2 atom stereocenters. The summed E-state index contributed by atoms with van der Waals surface area (Å²) in [6.07, 6.45) is 8.28. The monoisotopic (exact) mass is 338 g/mol. The fraction of sp³-hybridized carbons (Fsp3) is 0.444. The van der Waals surface area contributed by atoms with E-state index < -0.39 is 0 Å². The molecule has 2 aromatic rings. The Hall–Kier alpha value is -2.88. The van der Waals surface area contributed by atoms with Gasteiger partial charge in [0.1, 0.15) is 11.9 Å². The number of aromatic nitrogens is 3. The van der Waals surface area contributed by atoms with E-state index in [1.807, 2.05) is 29.6 Å². The normalized spacial score (nSPS) is 20.4. The lowest BCUT2D eigenvalue weighted by Crippen LogP contribution is -2.45. The number of anilines is 1. The first kappa shape index (κ1) is 17.0. The van der Waals surface area contributed by atoms with Crippen molar-refractivity contribution >= 4 is 11.6 Å². The summed E-state index contributed by atoms with van der Waals surface area (Å²) in [7, 11) is 1.95. The van der Waals surface area contributed by atoms with E-state index in [9.17, 15) is 10.1 Å². The zero-order valence-electron chi connectivity index (χ0n) is 14.5. The Morgan fingerprint density at radius 1 is 1.44 bits per heavy atom. The topological polar surface area (TPSA) is 86.8 Å². The number of amides is 1. The Kier molecular flexibility index (Phi) is 4.98. The number of hydrogen-bond acceptors (Lipinski definition) is 5. The van der Waals surface area contributed by atoms with Crippen molar-refractivity contribution in [2.24, 2.45) is 13.0 Å². The number of hydrogen-bond donors (Lipinski definition) is 1. The van der Waals surface area contributed by atoms with Gasteiger partial charge in [-0.2, -0.15) is 5.26 Å². The number of carbonyl (C=O) groups excluding carboxylic acids is 1. The van der Waals surface area contributed by atoms with Gasteiger partial charge in [0.05, 0.1) is 23.5 Å². The van der Waals surface area contributed by atoms with Crippen LogP contribution < -0.4 is 5.32 Å². The van der Waals surface area contributed by atoms with Crippen LogP contribution in [0.5, 0.6) is 0 Å². The van der Waals surface area contributed by atoms with Crippen molar-refractivity contribution in [2.75, 3.05) is 18.4 Å². The van der Waals surface area contributed by atoms with Gasteiger partial charge in [0, 0.05) is 51.1 Å². The maximum absolute atomic E-state index is 12.4. The molecule has 3 rings (SSSR count). The number of aryl methyl sites for hydroxylation is 1. The van der Waals surface area contributed by atoms with Crippen LogP contribution in [-0.2, 0) is 11.8 Å². The molecule has 25 heavy (non-hydrogen) atoms. The molecule has 0 saturated carbocycles. The maximum atomic E-state index is 12.4. The van der Waals surface area contributed by atoms with Crippen molar-refractivity contribution in [3.8, 4) is 6.07 Å². The van der Waals surface area contributed by atoms with Gasteiger partial charge in [0.15, 0.2) is 0 Å². The summed E-state index contributed by atoms with van der Waals surface area (Å²) in [6.45, 7) is 3.31.